The summed E-state index contributed by atoms with van der Waals surface area (Å²) in [6.45, 7) is 0. The number of rotatable bonds is 4. The summed E-state index contributed by atoms with van der Waals surface area (Å²) < 4.78 is 11.9. The summed E-state index contributed by atoms with van der Waals surface area (Å²) in [5, 5.41) is 12.9. The highest BCUT2D eigenvalue weighted by Gasteiger charge is 2.11. The molecule has 0 atom stereocenters. The van der Waals surface area contributed by atoms with Crippen molar-refractivity contribution in [1.82, 2.24) is 14.6 Å². The number of aromatic nitrogens is 3. The quantitative estimate of drug-likeness (QED) is 0.794. The summed E-state index contributed by atoms with van der Waals surface area (Å²) in [7, 11) is 3.14. The van der Waals surface area contributed by atoms with E-state index >= 15 is 0 Å². The van der Waals surface area contributed by atoms with Gasteiger partial charge >= 0.3 is 5.97 Å². The van der Waals surface area contributed by atoms with Gasteiger partial charge < -0.3 is 14.6 Å². The number of carbonyl (C=O) groups is 1. The third-order valence-corrected chi connectivity index (χ3v) is 3.25. The van der Waals surface area contributed by atoms with Crippen LogP contribution in [-0.4, -0.2) is 39.9 Å². The molecule has 7 heteroatoms. The summed E-state index contributed by atoms with van der Waals surface area (Å²) in [4.78, 5) is 15.2. The van der Waals surface area contributed by atoms with Crippen molar-refractivity contribution < 1.29 is 19.4 Å². The van der Waals surface area contributed by atoms with E-state index in [0.29, 0.717) is 17.1 Å². The SMILES string of the molecule is COc1ccc(-c2cnc3cc(C(=O)O)nn3c2)cc1OC. The summed E-state index contributed by atoms with van der Waals surface area (Å²) in [6.07, 6.45) is 3.37. The van der Waals surface area contributed by atoms with E-state index in [-0.39, 0.29) is 5.69 Å². The lowest BCUT2D eigenvalue weighted by atomic mass is 10.1. The van der Waals surface area contributed by atoms with E-state index in [2.05, 4.69) is 10.1 Å². The summed E-state index contributed by atoms with van der Waals surface area (Å²) in [5.74, 6) is 0.150. The number of ether oxygens (including phenoxy) is 2. The first-order chi connectivity index (χ1) is 10.6. The van der Waals surface area contributed by atoms with Crippen molar-refractivity contribution in [1.29, 1.82) is 0 Å². The van der Waals surface area contributed by atoms with Gasteiger partial charge in [0.25, 0.3) is 0 Å². The van der Waals surface area contributed by atoms with Crippen LogP contribution in [0.2, 0.25) is 0 Å². The van der Waals surface area contributed by atoms with Crippen LogP contribution in [0.4, 0.5) is 0 Å². The number of nitrogens with zero attached hydrogens (tertiary/aromatic N) is 3. The molecule has 2 aromatic heterocycles. The maximum Gasteiger partial charge on any atom is 0.356 e. The van der Waals surface area contributed by atoms with Crippen LogP contribution in [0.5, 0.6) is 11.5 Å². The van der Waals surface area contributed by atoms with Gasteiger partial charge in [0.1, 0.15) is 0 Å². The minimum atomic E-state index is -1.09. The lowest BCUT2D eigenvalue weighted by Gasteiger charge is -2.09. The van der Waals surface area contributed by atoms with Crippen LogP contribution in [0.1, 0.15) is 10.5 Å². The molecule has 0 aliphatic heterocycles. The van der Waals surface area contributed by atoms with Gasteiger partial charge in [0, 0.05) is 24.0 Å². The molecule has 0 aliphatic carbocycles. The van der Waals surface area contributed by atoms with Crippen LogP contribution >= 0.6 is 0 Å². The zero-order chi connectivity index (χ0) is 15.7. The van der Waals surface area contributed by atoms with Gasteiger partial charge in [-0.15, -0.1) is 0 Å². The summed E-state index contributed by atoms with van der Waals surface area (Å²) >= 11 is 0. The summed E-state index contributed by atoms with van der Waals surface area (Å²) in [5.41, 5.74) is 2.08. The molecule has 0 unspecified atom stereocenters. The number of methoxy groups -OCH3 is 2. The second kappa shape index (κ2) is 5.36. The van der Waals surface area contributed by atoms with Crippen LogP contribution in [-0.2, 0) is 0 Å². The van der Waals surface area contributed by atoms with Crippen LogP contribution in [0.3, 0.4) is 0 Å². The van der Waals surface area contributed by atoms with E-state index in [1.807, 2.05) is 12.1 Å². The fraction of sp³-hybridized carbons (Fsp3) is 0.133. The average Bonchev–Trinajstić information content (AvgIpc) is 2.97. The molecule has 1 N–H and O–H groups in total. The second-order valence-electron chi connectivity index (χ2n) is 4.55. The molecular formula is C15H13N3O4. The fourth-order valence-electron chi connectivity index (χ4n) is 2.15. The molecule has 0 bridgehead atoms. The van der Waals surface area contributed by atoms with Crippen molar-refractivity contribution in [3.63, 3.8) is 0 Å². The number of fused-ring (bicyclic) bond motifs is 1. The molecule has 0 radical (unpaired) electrons. The van der Waals surface area contributed by atoms with E-state index in [4.69, 9.17) is 14.6 Å². The minimum absolute atomic E-state index is 0.0445. The molecule has 3 rings (SSSR count). The van der Waals surface area contributed by atoms with E-state index < -0.39 is 5.97 Å². The first-order valence-electron chi connectivity index (χ1n) is 6.43. The molecule has 1 aromatic carbocycles. The topological polar surface area (TPSA) is 86.0 Å². The Bertz CT molecular complexity index is 857. The van der Waals surface area contributed by atoms with Crippen LogP contribution in [0.25, 0.3) is 16.8 Å². The van der Waals surface area contributed by atoms with Gasteiger partial charge in [-0.1, -0.05) is 6.07 Å². The number of benzene rings is 1. The Balaban J connectivity index is 2.08. The maximum atomic E-state index is 10.9. The lowest BCUT2D eigenvalue weighted by molar-refractivity contribution is 0.0690. The highest BCUT2D eigenvalue weighted by Crippen LogP contribution is 2.32. The normalized spacial score (nSPS) is 10.6. The first kappa shape index (κ1) is 13.9. The number of aromatic carboxylic acids is 1. The largest absolute Gasteiger partial charge is 0.493 e. The van der Waals surface area contributed by atoms with Gasteiger partial charge in [-0.05, 0) is 17.7 Å². The zero-order valence-corrected chi connectivity index (χ0v) is 12.0. The Morgan fingerprint density at radius 2 is 1.91 bits per heavy atom. The van der Waals surface area contributed by atoms with Crippen molar-refractivity contribution in [2.24, 2.45) is 0 Å². The van der Waals surface area contributed by atoms with Crippen molar-refractivity contribution >= 4 is 11.6 Å². The van der Waals surface area contributed by atoms with Gasteiger partial charge in [-0.25, -0.2) is 14.3 Å². The molecule has 0 spiro atoms. The fourth-order valence-corrected chi connectivity index (χ4v) is 2.15. The molecule has 3 aromatic rings. The minimum Gasteiger partial charge on any atom is -0.493 e. The standard InChI is InChI=1S/C15H13N3O4/c1-21-12-4-3-9(5-13(12)22-2)10-7-16-14-6-11(15(19)20)17-18(14)8-10/h3-8H,1-2H3,(H,19,20). The highest BCUT2D eigenvalue weighted by molar-refractivity contribution is 5.86. The van der Waals surface area contributed by atoms with E-state index in [0.717, 1.165) is 11.1 Å². The summed E-state index contributed by atoms with van der Waals surface area (Å²) in [6, 6.07) is 6.90. The molecule has 0 amide bonds. The number of carboxylic acid groups (broad SMARTS) is 1. The van der Waals surface area contributed by atoms with Crippen LogP contribution < -0.4 is 9.47 Å². The Hall–Kier alpha value is -3.09. The van der Waals surface area contributed by atoms with E-state index in [9.17, 15) is 4.79 Å². The van der Waals surface area contributed by atoms with E-state index in [1.54, 1.807) is 32.7 Å². The van der Waals surface area contributed by atoms with Gasteiger partial charge in [-0.2, -0.15) is 5.10 Å². The third kappa shape index (κ3) is 2.32. The molecule has 0 fully saturated rings. The number of hydrogen-bond donors (Lipinski definition) is 1. The molecule has 0 saturated carbocycles. The predicted octanol–water partition coefficient (Wildman–Crippen LogP) is 2.11. The Kier molecular flexibility index (Phi) is 3.38. The Morgan fingerprint density at radius 1 is 1.14 bits per heavy atom. The highest BCUT2D eigenvalue weighted by atomic mass is 16.5. The van der Waals surface area contributed by atoms with Crippen LogP contribution in [0.15, 0.2) is 36.7 Å². The average molecular weight is 299 g/mol. The van der Waals surface area contributed by atoms with Gasteiger partial charge in [0.05, 0.1) is 14.2 Å². The molecule has 112 valence electrons. The Morgan fingerprint density at radius 3 is 2.59 bits per heavy atom. The van der Waals surface area contributed by atoms with Crippen molar-refractivity contribution in [3.8, 4) is 22.6 Å². The number of hydrogen-bond acceptors (Lipinski definition) is 5. The third-order valence-electron chi connectivity index (χ3n) is 3.25. The van der Waals surface area contributed by atoms with Crippen molar-refractivity contribution in [2.45, 2.75) is 0 Å². The monoisotopic (exact) mass is 299 g/mol. The van der Waals surface area contributed by atoms with E-state index in [1.165, 1.54) is 10.6 Å². The molecule has 7 nitrogen and oxygen atoms in total. The van der Waals surface area contributed by atoms with Gasteiger partial charge in [0.2, 0.25) is 0 Å². The van der Waals surface area contributed by atoms with Crippen molar-refractivity contribution in [2.75, 3.05) is 14.2 Å². The molecule has 0 saturated heterocycles. The first-order valence-corrected chi connectivity index (χ1v) is 6.43. The molecular weight excluding hydrogens is 286 g/mol. The lowest BCUT2D eigenvalue weighted by Crippen LogP contribution is -1.98. The maximum absolute atomic E-state index is 10.9. The Labute approximate surface area is 125 Å². The molecule has 0 aliphatic rings. The van der Waals surface area contributed by atoms with Gasteiger partial charge in [-0.3, -0.25) is 0 Å². The molecule has 2 heterocycles. The molecule has 22 heavy (non-hydrogen) atoms. The zero-order valence-electron chi connectivity index (χ0n) is 12.0. The predicted molar refractivity (Wildman–Crippen MR) is 78.5 cm³/mol. The second-order valence-corrected chi connectivity index (χ2v) is 4.55. The van der Waals surface area contributed by atoms with Crippen molar-refractivity contribution in [3.05, 3.63) is 42.4 Å². The number of carboxylic acids is 1. The smallest absolute Gasteiger partial charge is 0.356 e. The van der Waals surface area contributed by atoms with Gasteiger partial charge in [0.15, 0.2) is 22.8 Å². The van der Waals surface area contributed by atoms with Crippen LogP contribution in [0, 0.1) is 0 Å².